The van der Waals surface area contributed by atoms with Crippen molar-refractivity contribution in [3.05, 3.63) is 41.1 Å². The molecule has 0 spiro atoms. The molecule has 0 bridgehead atoms. The van der Waals surface area contributed by atoms with E-state index >= 15 is 0 Å². The van der Waals surface area contributed by atoms with Gasteiger partial charge in [-0.3, -0.25) is 9.78 Å². The number of hydrogen-bond acceptors (Lipinski definition) is 3. The molecular weight excluding hydrogens is 345 g/mol. The van der Waals surface area contributed by atoms with E-state index in [2.05, 4.69) is 18.0 Å². The van der Waals surface area contributed by atoms with Crippen LogP contribution >= 0.6 is 24.8 Å². The topological polar surface area (TPSA) is 59.2 Å². The van der Waals surface area contributed by atoms with E-state index in [0.717, 1.165) is 48.1 Å². The number of carbonyl (C=O) groups is 1. The number of hydrogen-bond donors (Lipinski definition) is 1. The van der Waals surface area contributed by atoms with Gasteiger partial charge >= 0.3 is 0 Å². The maximum absolute atomic E-state index is 12.6. The average molecular weight is 370 g/mol. The zero-order valence-corrected chi connectivity index (χ0v) is 15.8. The lowest BCUT2D eigenvalue weighted by molar-refractivity contribution is -0.131. The smallest absolute Gasteiger partial charge is 0.227 e. The summed E-state index contributed by atoms with van der Waals surface area (Å²) in [5.74, 6) is 0.190. The van der Waals surface area contributed by atoms with Crippen molar-refractivity contribution >= 4 is 41.6 Å². The molecule has 1 fully saturated rings. The molecule has 1 amide bonds. The van der Waals surface area contributed by atoms with Gasteiger partial charge in [0.2, 0.25) is 5.91 Å². The largest absolute Gasteiger partial charge is 0.342 e. The van der Waals surface area contributed by atoms with E-state index in [1.54, 1.807) is 0 Å². The molecule has 1 aromatic carbocycles. The zero-order chi connectivity index (χ0) is 15.7. The van der Waals surface area contributed by atoms with Gasteiger partial charge in [-0.1, -0.05) is 18.2 Å². The highest BCUT2D eigenvalue weighted by Gasteiger charge is 2.22. The average Bonchev–Trinajstić information content (AvgIpc) is 2.52. The highest BCUT2D eigenvalue weighted by atomic mass is 35.5. The molecule has 24 heavy (non-hydrogen) atoms. The molecule has 132 valence electrons. The predicted molar refractivity (Wildman–Crippen MR) is 103 cm³/mol. The summed E-state index contributed by atoms with van der Waals surface area (Å²) in [4.78, 5) is 19.2. The lowest BCUT2D eigenvalue weighted by atomic mass is 9.98. The highest BCUT2D eigenvalue weighted by Crippen LogP contribution is 2.23. The molecule has 0 radical (unpaired) electrons. The molecule has 1 aliphatic heterocycles. The third kappa shape index (κ3) is 4.18. The quantitative estimate of drug-likeness (QED) is 0.883. The van der Waals surface area contributed by atoms with Crippen LogP contribution in [0.2, 0.25) is 0 Å². The Kier molecular flexibility index (Phi) is 7.46. The Morgan fingerprint density at radius 1 is 1.21 bits per heavy atom. The SMILES string of the molecule is Cc1nc2ccccc2c(C)c1CC(=O)N1CCC(N)CC1.Cl.Cl. The number of amides is 1. The van der Waals surface area contributed by atoms with Gasteiger partial charge in [-0.25, -0.2) is 0 Å². The molecule has 0 aliphatic carbocycles. The first-order valence-electron chi connectivity index (χ1n) is 7.94. The fourth-order valence-corrected chi connectivity index (χ4v) is 3.24. The summed E-state index contributed by atoms with van der Waals surface area (Å²) >= 11 is 0. The molecular formula is C18H25Cl2N3O. The van der Waals surface area contributed by atoms with Crippen LogP contribution in [-0.2, 0) is 11.2 Å². The summed E-state index contributed by atoms with van der Waals surface area (Å²) < 4.78 is 0. The van der Waals surface area contributed by atoms with Crippen molar-refractivity contribution < 1.29 is 4.79 Å². The van der Waals surface area contributed by atoms with Crippen LogP contribution in [0.5, 0.6) is 0 Å². The first kappa shape index (κ1) is 20.7. The summed E-state index contributed by atoms with van der Waals surface area (Å²) in [6.45, 7) is 5.64. The Balaban J connectivity index is 0.00000144. The van der Waals surface area contributed by atoms with Crippen LogP contribution in [0.1, 0.15) is 29.7 Å². The second-order valence-electron chi connectivity index (χ2n) is 6.21. The molecule has 1 aliphatic rings. The minimum atomic E-state index is 0. The number of aryl methyl sites for hydroxylation is 2. The van der Waals surface area contributed by atoms with Crippen molar-refractivity contribution in [3.8, 4) is 0 Å². The standard InChI is InChI=1S/C18H23N3O.2ClH/c1-12-15-5-3-4-6-17(15)20-13(2)16(12)11-18(22)21-9-7-14(19)8-10-21;;/h3-6,14H,7-11,19H2,1-2H3;2*1H. The van der Waals surface area contributed by atoms with Gasteiger partial charge in [0.05, 0.1) is 11.9 Å². The lowest BCUT2D eigenvalue weighted by Gasteiger charge is -2.30. The molecule has 3 rings (SSSR count). The number of nitrogens with zero attached hydrogens (tertiary/aromatic N) is 2. The van der Waals surface area contributed by atoms with Crippen molar-refractivity contribution in [1.29, 1.82) is 0 Å². The normalized spacial score (nSPS) is 14.9. The molecule has 0 unspecified atom stereocenters. The number of halogens is 2. The van der Waals surface area contributed by atoms with E-state index in [1.165, 1.54) is 5.56 Å². The van der Waals surface area contributed by atoms with Crippen LogP contribution in [0.3, 0.4) is 0 Å². The van der Waals surface area contributed by atoms with Gasteiger partial charge < -0.3 is 10.6 Å². The summed E-state index contributed by atoms with van der Waals surface area (Å²) in [6, 6.07) is 8.35. The minimum absolute atomic E-state index is 0. The Bertz CT molecular complexity index is 713. The van der Waals surface area contributed by atoms with Crippen molar-refractivity contribution in [1.82, 2.24) is 9.88 Å². The van der Waals surface area contributed by atoms with Gasteiger partial charge in [-0.2, -0.15) is 0 Å². The molecule has 6 heteroatoms. The monoisotopic (exact) mass is 369 g/mol. The molecule has 1 aromatic heterocycles. The number of nitrogens with two attached hydrogens (primary N) is 1. The molecule has 0 atom stereocenters. The fraction of sp³-hybridized carbons (Fsp3) is 0.444. The number of aromatic nitrogens is 1. The van der Waals surface area contributed by atoms with Gasteiger partial charge in [-0.05, 0) is 43.9 Å². The van der Waals surface area contributed by atoms with E-state index < -0.39 is 0 Å². The van der Waals surface area contributed by atoms with Gasteiger partial charge in [0.1, 0.15) is 0 Å². The van der Waals surface area contributed by atoms with Crippen molar-refractivity contribution in [2.75, 3.05) is 13.1 Å². The molecule has 1 saturated heterocycles. The van der Waals surface area contributed by atoms with Crippen molar-refractivity contribution in [2.45, 2.75) is 39.2 Å². The molecule has 0 saturated carbocycles. The zero-order valence-electron chi connectivity index (χ0n) is 14.1. The number of benzene rings is 1. The van der Waals surface area contributed by atoms with Gasteiger partial charge in [0.15, 0.2) is 0 Å². The highest BCUT2D eigenvalue weighted by molar-refractivity contribution is 5.86. The second-order valence-corrected chi connectivity index (χ2v) is 6.21. The molecule has 4 nitrogen and oxygen atoms in total. The third-order valence-electron chi connectivity index (χ3n) is 4.71. The Labute approximate surface area is 155 Å². The van der Waals surface area contributed by atoms with Crippen LogP contribution in [0, 0.1) is 13.8 Å². The first-order valence-corrected chi connectivity index (χ1v) is 7.94. The number of para-hydroxylation sites is 1. The van der Waals surface area contributed by atoms with Gasteiger partial charge in [0.25, 0.3) is 0 Å². The predicted octanol–water partition coefficient (Wildman–Crippen LogP) is 3.19. The van der Waals surface area contributed by atoms with E-state index in [4.69, 9.17) is 5.73 Å². The Hall–Kier alpha value is -1.36. The summed E-state index contributed by atoms with van der Waals surface area (Å²) in [5, 5.41) is 1.14. The van der Waals surface area contributed by atoms with Gasteiger partial charge in [-0.15, -0.1) is 24.8 Å². The minimum Gasteiger partial charge on any atom is -0.342 e. The van der Waals surface area contributed by atoms with Crippen LogP contribution in [0.25, 0.3) is 10.9 Å². The van der Waals surface area contributed by atoms with Crippen molar-refractivity contribution in [3.63, 3.8) is 0 Å². The van der Waals surface area contributed by atoms with E-state index in [-0.39, 0.29) is 36.8 Å². The number of likely N-dealkylation sites (tertiary alicyclic amines) is 1. The van der Waals surface area contributed by atoms with Crippen LogP contribution in [0.15, 0.2) is 24.3 Å². The number of pyridine rings is 1. The van der Waals surface area contributed by atoms with E-state index in [9.17, 15) is 4.79 Å². The van der Waals surface area contributed by atoms with Crippen LogP contribution in [-0.4, -0.2) is 34.9 Å². The molecule has 2 heterocycles. The molecule has 2 N–H and O–H groups in total. The summed E-state index contributed by atoms with van der Waals surface area (Å²) in [7, 11) is 0. The Morgan fingerprint density at radius 3 is 2.50 bits per heavy atom. The second kappa shape index (κ2) is 8.65. The van der Waals surface area contributed by atoms with Gasteiger partial charge in [0, 0.05) is 30.2 Å². The summed E-state index contributed by atoms with van der Waals surface area (Å²) in [5.41, 5.74) is 10.1. The maximum atomic E-state index is 12.6. The molecule has 2 aromatic rings. The number of rotatable bonds is 2. The number of piperidine rings is 1. The third-order valence-corrected chi connectivity index (χ3v) is 4.71. The fourth-order valence-electron chi connectivity index (χ4n) is 3.24. The van der Waals surface area contributed by atoms with E-state index in [0.29, 0.717) is 6.42 Å². The van der Waals surface area contributed by atoms with Crippen molar-refractivity contribution in [2.24, 2.45) is 5.73 Å². The first-order chi connectivity index (χ1) is 10.6. The van der Waals surface area contributed by atoms with Crippen LogP contribution in [0.4, 0.5) is 0 Å². The number of fused-ring (bicyclic) bond motifs is 1. The maximum Gasteiger partial charge on any atom is 0.227 e. The Morgan fingerprint density at radius 2 is 1.83 bits per heavy atom. The van der Waals surface area contributed by atoms with E-state index in [1.807, 2.05) is 30.0 Å². The summed E-state index contributed by atoms with van der Waals surface area (Å²) in [6.07, 6.45) is 2.24. The van der Waals surface area contributed by atoms with Crippen LogP contribution < -0.4 is 5.73 Å². The lowest BCUT2D eigenvalue weighted by Crippen LogP contribution is -2.43. The number of carbonyl (C=O) groups excluding carboxylic acids is 1.